The Morgan fingerprint density at radius 3 is 2.30 bits per heavy atom. The van der Waals surface area contributed by atoms with Crippen molar-refractivity contribution >= 4 is 0 Å². The van der Waals surface area contributed by atoms with Gasteiger partial charge in [0, 0.05) is 12.1 Å². The molecule has 0 amide bonds. The van der Waals surface area contributed by atoms with Crippen molar-refractivity contribution in [2.24, 2.45) is 5.73 Å². The third kappa shape index (κ3) is 3.85. The summed E-state index contributed by atoms with van der Waals surface area (Å²) in [4.78, 5) is 0. The fourth-order valence-corrected chi connectivity index (χ4v) is 1.03. The molecule has 0 aromatic heterocycles. The van der Waals surface area contributed by atoms with Crippen molar-refractivity contribution in [3.63, 3.8) is 0 Å². The molecule has 0 spiro atoms. The molecule has 0 radical (unpaired) electrons. The predicted molar refractivity (Wildman–Crippen MR) is 46.0 cm³/mol. The van der Waals surface area contributed by atoms with Gasteiger partial charge in [0.25, 0.3) is 0 Å². The molecule has 0 aliphatic rings. The van der Waals surface area contributed by atoms with Crippen molar-refractivity contribution in [1.29, 1.82) is 0 Å². The van der Waals surface area contributed by atoms with Gasteiger partial charge >= 0.3 is 0 Å². The van der Waals surface area contributed by atoms with E-state index >= 15 is 0 Å². The van der Waals surface area contributed by atoms with E-state index in [2.05, 4.69) is 26.1 Å². The molecule has 10 heavy (non-hydrogen) atoms. The van der Waals surface area contributed by atoms with Gasteiger partial charge in [-0.25, -0.2) is 0 Å². The monoisotopic (exact) mass is 144 g/mol. The molecule has 0 bridgehead atoms. The Bertz CT molecular complexity index is 71.7. The maximum atomic E-state index is 5.73. The summed E-state index contributed by atoms with van der Waals surface area (Å²) in [6, 6.07) is 0.775. The summed E-state index contributed by atoms with van der Waals surface area (Å²) in [6.07, 6.45) is 2.31. The Labute approximate surface area is 64.2 Å². The van der Waals surface area contributed by atoms with Crippen LogP contribution < -0.4 is 11.1 Å². The maximum absolute atomic E-state index is 5.73. The van der Waals surface area contributed by atoms with Crippen LogP contribution in [0.15, 0.2) is 0 Å². The largest absolute Gasteiger partial charge is 0.327 e. The molecule has 0 aromatic rings. The van der Waals surface area contributed by atoms with Crippen LogP contribution in [0.1, 0.15) is 33.6 Å². The fourth-order valence-electron chi connectivity index (χ4n) is 1.03. The minimum atomic E-state index is 0.275. The van der Waals surface area contributed by atoms with E-state index in [9.17, 15) is 0 Å². The molecule has 3 N–H and O–H groups in total. The van der Waals surface area contributed by atoms with Gasteiger partial charge in [-0.05, 0) is 26.3 Å². The number of hydrogen-bond acceptors (Lipinski definition) is 2. The highest BCUT2D eigenvalue weighted by Gasteiger charge is 2.08. The molecule has 0 saturated heterocycles. The van der Waals surface area contributed by atoms with E-state index in [0.29, 0.717) is 6.04 Å². The van der Waals surface area contributed by atoms with Gasteiger partial charge in [0.15, 0.2) is 0 Å². The normalized spacial score (nSPS) is 16.8. The predicted octanol–water partition coefficient (Wildman–Crippen LogP) is 1.11. The molecule has 0 heterocycles. The minimum absolute atomic E-state index is 0.275. The summed E-state index contributed by atoms with van der Waals surface area (Å²) in [7, 11) is 0. The topological polar surface area (TPSA) is 38.0 Å². The second-order valence-electron chi connectivity index (χ2n) is 2.83. The van der Waals surface area contributed by atoms with Gasteiger partial charge in [-0.1, -0.05) is 13.8 Å². The highest BCUT2D eigenvalue weighted by Crippen LogP contribution is 1.94. The van der Waals surface area contributed by atoms with Crippen LogP contribution >= 0.6 is 0 Å². The summed E-state index contributed by atoms with van der Waals surface area (Å²) in [5.74, 6) is 0. The molecular formula is C8H20N2. The van der Waals surface area contributed by atoms with Crippen molar-refractivity contribution in [3.05, 3.63) is 0 Å². The quantitative estimate of drug-likeness (QED) is 0.606. The van der Waals surface area contributed by atoms with Gasteiger partial charge < -0.3 is 11.1 Å². The molecule has 2 atom stereocenters. The second-order valence-corrected chi connectivity index (χ2v) is 2.83. The molecule has 0 aromatic carbocycles. The van der Waals surface area contributed by atoms with Crippen LogP contribution in [0.2, 0.25) is 0 Å². The molecule has 2 heteroatoms. The third-order valence-corrected chi connectivity index (χ3v) is 1.73. The van der Waals surface area contributed by atoms with E-state index in [0.717, 1.165) is 13.0 Å². The van der Waals surface area contributed by atoms with Crippen molar-refractivity contribution in [1.82, 2.24) is 5.32 Å². The summed E-state index contributed by atoms with van der Waals surface area (Å²) in [6.45, 7) is 7.47. The Hall–Kier alpha value is -0.0800. The van der Waals surface area contributed by atoms with Crippen molar-refractivity contribution in [2.75, 3.05) is 6.54 Å². The van der Waals surface area contributed by atoms with Crippen LogP contribution in [0.25, 0.3) is 0 Å². The fraction of sp³-hybridized carbons (Fsp3) is 1.00. The number of nitrogens with two attached hydrogens (primary N) is 1. The summed E-state index contributed by atoms with van der Waals surface area (Å²) in [5.41, 5.74) is 5.73. The zero-order valence-electron chi connectivity index (χ0n) is 7.35. The Morgan fingerprint density at radius 2 is 2.00 bits per heavy atom. The van der Waals surface area contributed by atoms with Crippen LogP contribution in [0.5, 0.6) is 0 Å². The highest BCUT2D eigenvalue weighted by molar-refractivity contribution is 4.73. The molecule has 62 valence electrons. The Kier molecular flexibility index (Phi) is 5.64. The number of nitrogens with one attached hydrogen (secondary N) is 1. The standard InChI is InChI=1S/C8H20N2/c1-4-6-10-8(5-2)7(3)9/h7-8,10H,4-6,9H2,1-3H3. The molecule has 0 fully saturated rings. The van der Waals surface area contributed by atoms with Gasteiger partial charge in [-0.3, -0.25) is 0 Å². The van der Waals surface area contributed by atoms with E-state index in [-0.39, 0.29) is 6.04 Å². The molecule has 0 saturated carbocycles. The molecular weight excluding hydrogens is 124 g/mol. The molecule has 2 unspecified atom stereocenters. The Balaban J connectivity index is 3.40. The first kappa shape index (κ1) is 9.92. The first-order chi connectivity index (χ1) is 4.72. The molecule has 2 nitrogen and oxygen atoms in total. The first-order valence-corrected chi connectivity index (χ1v) is 4.21. The Morgan fingerprint density at radius 1 is 1.40 bits per heavy atom. The summed E-state index contributed by atoms with van der Waals surface area (Å²) < 4.78 is 0. The molecule has 0 aliphatic heterocycles. The SMILES string of the molecule is CCCNC(CC)C(C)N. The van der Waals surface area contributed by atoms with E-state index < -0.39 is 0 Å². The van der Waals surface area contributed by atoms with Crippen LogP contribution in [0, 0.1) is 0 Å². The summed E-state index contributed by atoms with van der Waals surface area (Å²) in [5, 5.41) is 3.39. The van der Waals surface area contributed by atoms with Gasteiger partial charge in [-0.2, -0.15) is 0 Å². The van der Waals surface area contributed by atoms with E-state index in [4.69, 9.17) is 5.73 Å². The lowest BCUT2D eigenvalue weighted by molar-refractivity contribution is 0.436. The minimum Gasteiger partial charge on any atom is -0.327 e. The molecule has 0 aliphatic carbocycles. The van der Waals surface area contributed by atoms with Crippen LogP contribution in [-0.4, -0.2) is 18.6 Å². The van der Waals surface area contributed by atoms with Crippen LogP contribution in [0.4, 0.5) is 0 Å². The highest BCUT2D eigenvalue weighted by atomic mass is 14.9. The zero-order chi connectivity index (χ0) is 7.98. The van der Waals surface area contributed by atoms with E-state index in [1.807, 2.05) is 0 Å². The smallest absolute Gasteiger partial charge is 0.0213 e. The van der Waals surface area contributed by atoms with Crippen LogP contribution in [0.3, 0.4) is 0 Å². The lowest BCUT2D eigenvalue weighted by Gasteiger charge is -2.19. The van der Waals surface area contributed by atoms with Crippen molar-refractivity contribution in [3.8, 4) is 0 Å². The average Bonchev–Trinajstić information content (AvgIpc) is 1.89. The first-order valence-electron chi connectivity index (χ1n) is 4.21. The third-order valence-electron chi connectivity index (χ3n) is 1.73. The van der Waals surface area contributed by atoms with Gasteiger partial charge in [0.1, 0.15) is 0 Å². The van der Waals surface area contributed by atoms with E-state index in [1.165, 1.54) is 6.42 Å². The van der Waals surface area contributed by atoms with Gasteiger partial charge in [0.05, 0.1) is 0 Å². The average molecular weight is 144 g/mol. The zero-order valence-corrected chi connectivity index (χ0v) is 7.35. The van der Waals surface area contributed by atoms with Crippen LogP contribution in [-0.2, 0) is 0 Å². The van der Waals surface area contributed by atoms with Gasteiger partial charge in [-0.15, -0.1) is 0 Å². The maximum Gasteiger partial charge on any atom is 0.0213 e. The second kappa shape index (κ2) is 5.69. The number of rotatable bonds is 5. The number of hydrogen-bond donors (Lipinski definition) is 2. The van der Waals surface area contributed by atoms with Gasteiger partial charge in [0.2, 0.25) is 0 Å². The van der Waals surface area contributed by atoms with Crippen molar-refractivity contribution < 1.29 is 0 Å². The lowest BCUT2D eigenvalue weighted by Crippen LogP contribution is -2.42. The summed E-state index contributed by atoms with van der Waals surface area (Å²) >= 11 is 0. The van der Waals surface area contributed by atoms with E-state index in [1.54, 1.807) is 0 Å². The lowest BCUT2D eigenvalue weighted by atomic mass is 10.1. The van der Waals surface area contributed by atoms with Crippen molar-refractivity contribution in [2.45, 2.75) is 45.7 Å². The molecule has 0 rings (SSSR count).